The molecular formula is C29H35N3O5. The second-order valence-electron chi connectivity index (χ2n) is 10.8. The molecule has 3 aromatic rings. The molecule has 37 heavy (non-hydrogen) atoms. The number of amides is 1. The maximum Gasteiger partial charge on any atom is 0.311 e. The Bertz CT molecular complexity index is 1310. The van der Waals surface area contributed by atoms with Crippen molar-refractivity contribution in [3.8, 4) is 11.5 Å². The molecule has 0 aliphatic carbocycles. The van der Waals surface area contributed by atoms with Gasteiger partial charge in [0.05, 0.1) is 17.7 Å². The average Bonchev–Trinajstić information content (AvgIpc) is 2.82. The van der Waals surface area contributed by atoms with Crippen LogP contribution in [0.25, 0.3) is 10.8 Å². The minimum Gasteiger partial charge on any atom is -0.493 e. The number of hydrogen-bond donors (Lipinski definition) is 1. The van der Waals surface area contributed by atoms with Crippen LogP contribution in [-0.2, 0) is 10.2 Å². The first-order valence-electron chi connectivity index (χ1n) is 12.3. The Kier molecular flexibility index (Phi) is 8.53. The number of nitrogens with zero attached hydrogens (tertiary/aromatic N) is 2. The molecule has 0 saturated carbocycles. The van der Waals surface area contributed by atoms with Gasteiger partial charge in [-0.2, -0.15) is 5.10 Å². The fraction of sp³-hybridized carbons (Fsp3) is 0.379. The van der Waals surface area contributed by atoms with Crippen molar-refractivity contribution < 1.29 is 19.2 Å². The van der Waals surface area contributed by atoms with Crippen LogP contribution in [0, 0.1) is 15.5 Å². The lowest BCUT2D eigenvalue weighted by molar-refractivity contribution is -0.385. The number of hydrazone groups is 1. The molecule has 0 fully saturated rings. The third kappa shape index (κ3) is 7.29. The van der Waals surface area contributed by atoms with Gasteiger partial charge in [0.25, 0.3) is 5.91 Å². The lowest BCUT2D eigenvalue weighted by Gasteiger charge is -2.33. The zero-order valence-electron chi connectivity index (χ0n) is 22.3. The summed E-state index contributed by atoms with van der Waals surface area (Å²) in [6, 6.07) is 16.5. The first-order valence-corrected chi connectivity index (χ1v) is 12.3. The highest BCUT2D eigenvalue weighted by Gasteiger charge is 2.30. The molecule has 0 heterocycles. The Hall–Kier alpha value is -3.94. The van der Waals surface area contributed by atoms with Gasteiger partial charge in [0.15, 0.2) is 12.4 Å². The number of benzene rings is 3. The lowest BCUT2D eigenvalue weighted by Crippen LogP contribution is -2.26. The number of hydrogen-bond acceptors (Lipinski definition) is 6. The van der Waals surface area contributed by atoms with Gasteiger partial charge >= 0.3 is 5.69 Å². The van der Waals surface area contributed by atoms with Crippen molar-refractivity contribution >= 4 is 28.6 Å². The van der Waals surface area contributed by atoms with Gasteiger partial charge in [-0.3, -0.25) is 14.9 Å². The summed E-state index contributed by atoms with van der Waals surface area (Å²) in [7, 11) is 0. The van der Waals surface area contributed by atoms with Crippen LogP contribution in [0.1, 0.15) is 59.1 Å². The molecular weight excluding hydrogens is 470 g/mol. The molecule has 0 aliphatic rings. The molecule has 0 unspecified atom stereocenters. The number of fused-ring (bicyclic) bond motifs is 1. The van der Waals surface area contributed by atoms with Crippen molar-refractivity contribution in [2.24, 2.45) is 10.5 Å². The summed E-state index contributed by atoms with van der Waals surface area (Å²) in [4.78, 5) is 23.6. The highest BCUT2D eigenvalue weighted by atomic mass is 16.6. The molecule has 0 aliphatic heterocycles. The third-order valence-corrected chi connectivity index (χ3v) is 5.88. The van der Waals surface area contributed by atoms with Gasteiger partial charge in [0.2, 0.25) is 0 Å². The van der Waals surface area contributed by atoms with Crippen LogP contribution < -0.4 is 14.9 Å². The Balaban J connectivity index is 1.71. The smallest absolute Gasteiger partial charge is 0.311 e. The monoisotopic (exact) mass is 505 g/mol. The van der Waals surface area contributed by atoms with Crippen molar-refractivity contribution in [3.05, 3.63) is 75.8 Å². The maximum atomic E-state index is 12.4. The Labute approximate surface area is 217 Å². The lowest BCUT2D eigenvalue weighted by atomic mass is 9.72. The largest absolute Gasteiger partial charge is 0.493 e. The van der Waals surface area contributed by atoms with Gasteiger partial charge in [0, 0.05) is 11.6 Å². The molecule has 0 spiro atoms. The molecule has 8 nitrogen and oxygen atoms in total. The van der Waals surface area contributed by atoms with E-state index in [1.165, 1.54) is 12.3 Å². The SMILES string of the molecule is CCOc1ccc2ccccc2c1/C=N/NC(=O)COc1ccc(C(C)(C)CC(C)(C)C)cc1[N+](=O)[O-]. The minimum absolute atomic E-state index is 0.0344. The first kappa shape index (κ1) is 27.6. The average molecular weight is 506 g/mol. The standard InChI is InChI=1S/C29H35N3O5/c1-7-36-25-14-12-20-10-8-9-11-22(20)23(25)17-30-31-27(33)18-37-26-15-13-21(16-24(26)32(34)35)29(5,6)19-28(2,3)4/h8-17H,7,18-19H2,1-6H3,(H,31,33)/b30-17+. The molecule has 0 bridgehead atoms. The van der Waals surface area contributed by atoms with Gasteiger partial charge in [-0.15, -0.1) is 0 Å². The molecule has 196 valence electrons. The second kappa shape index (κ2) is 11.4. The van der Waals surface area contributed by atoms with Crippen LogP contribution in [0.5, 0.6) is 11.5 Å². The van der Waals surface area contributed by atoms with E-state index in [4.69, 9.17) is 9.47 Å². The molecule has 3 rings (SSSR count). The quantitative estimate of drug-likeness (QED) is 0.195. The molecule has 1 amide bonds. The van der Waals surface area contributed by atoms with E-state index in [9.17, 15) is 14.9 Å². The highest BCUT2D eigenvalue weighted by Crippen LogP contribution is 2.39. The fourth-order valence-corrected chi connectivity index (χ4v) is 4.67. The van der Waals surface area contributed by atoms with Crippen LogP contribution in [0.4, 0.5) is 5.69 Å². The molecule has 8 heteroatoms. The number of carbonyl (C=O) groups is 1. The topological polar surface area (TPSA) is 103 Å². The van der Waals surface area contributed by atoms with E-state index in [-0.39, 0.29) is 22.3 Å². The van der Waals surface area contributed by atoms with Crippen molar-refractivity contribution in [1.29, 1.82) is 0 Å². The van der Waals surface area contributed by atoms with Gasteiger partial charge in [-0.1, -0.05) is 71.0 Å². The minimum atomic E-state index is -0.541. The number of carbonyl (C=O) groups excluding carboxylic acids is 1. The summed E-state index contributed by atoms with van der Waals surface area (Å²) < 4.78 is 11.2. The summed E-state index contributed by atoms with van der Waals surface area (Å²) in [6.45, 7) is 12.5. The van der Waals surface area contributed by atoms with Gasteiger partial charge < -0.3 is 9.47 Å². The Morgan fingerprint density at radius 2 is 1.73 bits per heavy atom. The van der Waals surface area contributed by atoms with E-state index in [2.05, 4.69) is 45.1 Å². The third-order valence-electron chi connectivity index (χ3n) is 5.88. The number of rotatable bonds is 10. The summed E-state index contributed by atoms with van der Waals surface area (Å²) in [5.41, 5.74) is 3.63. The number of nitrogens with one attached hydrogen (secondary N) is 1. The molecule has 0 aromatic heterocycles. The predicted octanol–water partition coefficient (Wildman–Crippen LogP) is 6.39. The number of nitro groups is 1. The maximum absolute atomic E-state index is 12.4. The van der Waals surface area contributed by atoms with Gasteiger partial charge in [0.1, 0.15) is 5.75 Å². The number of ether oxygens (including phenoxy) is 2. The van der Waals surface area contributed by atoms with Crippen molar-refractivity contribution in [3.63, 3.8) is 0 Å². The second-order valence-corrected chi connectivity index (χ2v) is 10.8. The van der Waals surface area contributed by atoms with E-state index < -0.39 is 17.4 Å². The Morgan fingerprint density at radius 3 is 2.41 bits per heavy atom. The predicted molar refractivity (Wildman–Crippen MR) is 147 cm³/mol. The van der Waals surface area contributed by atoms with Crippen LogP contribution >= 0.6 is 0 Å². The fourth-order valence-electron chi connectivity index (χ4n) is 4.67. The zero-order valence-corrected chi connectivity index (χ0v) is 22.3. The van der Waals surface area contributed by atoms with Crippen molar-refractivity contribution in [1.82, 2.24) is 5.43 Å². The molecule has 3 aromatic carbocycles. The van der Waals surface area contributed by atoms with E-state index in [0.29, 0.717) is 12.4 Å². The molecule has 1 N–H and O–H groups in total. The highest BCUT2D eigenvalue weighted by molar-refractivity contribution is 6.02. The summed E-state index contributed by atoms with van der Waals surface area (Å²) in [5.74, 6) is 0.147. The van der Waals surface area contributed by atoms with Crippen LogP contribution in [0.15, 0.2) is 59.7 Å². The summed E-state index contributed by atoms with van der Waals surface area (Å²) in [6.07, 6.45) is 2.37. The van der Waals surface area contributed by atoms with E-state index in [1.807, 2.05) is 49.4 Å². The molecule has 0 saturated heterocycles. The molecule has 0 radical (unpaired) electrons. The van der Waals surface area contributed by atoms with Crippen LogP contribution in [0.2, 0.25) is 0 Å². The first-order chi connectivity index (χ1) is 17.4. The Morgan fingerprint density at radius 1 is 1.03 bits per heavy atom. The zero-order chi connectivity index (χ0) is 27.2. The van der Waals surface area contributed by atoms with Crippen LogP contribution in [0.3, 0.4) is 0 Å². The van der Waals surface area contributed by atoms with E-state index >= 15 is 0 Å². The summed E-state index contributed by atoms with van der Waals surface area (Å²) in [5, 5.41) is 17.8. The van der Waals surface area contributed by atoms with Crippen molar-refractivity contribution in [2.45, 2.75) is 53.4 Å². The van der Waals surface area contributed by atoms with Crippen molar-refractivity contribution in [2.75, 3.05) is 13.2 Å². The number of nitro benzene ring substituents is 1. The van der Waals surface area contributed by atoms with E-state index in [0.717, 1.165) is 28.3 Å². The normalized spacial score (nSPS) is 12.1. The molecule has 0 atom stereocenters. The summed E-state index contributed by atoms with van der Waals surface area (Å²) >= 11 is 0. The van der Waals surface area contributed by atoms with Crippen LogP contribution in [-0.4, -0.2) is 30.3 Å². The van der Waals surface area contributed by atoms with Gasteiger partial charge in [-0.05, 0) is 52.6 Å². The van der Waals surface area contributed by atoms with Gasteiger partial charge in [-0.25, -0.2) is 5.43 Å². The van der Waals surface area contributed by atoms with E-state index in [1.54, 1.807) is 6.07 Å².